The van der Waals surface area contributed by atoms with Crippen molar-refractivity contribution in [3.8, 4) is 5.75 Å². The third-order valence-corrected chi connectivity index (χ3v) is 6.31. The van der Waals surface area contributed by atoms with Gasteiger partial charge < -0.3 is 14.7 Å². The zero-order valence-corrected chi connectivity index (χ0v) is 18.4. The normalized spacial score (nSPS) is 21.2. The summed E-state index contributed by atoms with van der Waals surface area (Å²) >= 11 is 0. The minimum Gasteiger partial charge on any atom is -0.507 e. The van der Waals surface area contributed by atoms with E-state index in [0.29, 0.717) is 18.5 Å². The first-order valence-electron chi connectivity index (χ1n) is 11.2. The smallest absolute Gasteiger partial charge is 0.295 e. The zero-order chi connectivity index (χ0) is 22.9. The van der Waals surface area contributed by atoms with Gasteiger partial charge in [0.15, 0.2) is 0 Å². The molecule has 0 aromatic heterocycles. The molecule has 0 saturated carbocycles. The maximum Gasteiger partial charge on any atom is 0.295 e. The predicted molar refractivity (Wildman–Crippen MR) is 126 cm³/mol. The number of aliphatic hydroxyl groups excluding tert-OH is 1. The maximum absolute atomic E-state index is 13.2. The summed E-state index contributed by atoms with van der Waals surface area (Å²) in [4.78, 5) is 27.9. The van der Waals surface area contributed by atoms with Crippen molar-refractivity contribution in [2.75, 3.05) is 6.54 Å². The first-order valence-corrected chi connectivity index (χ1v) is 11.2. The van der Waals surface area contributed by atoms with Crippen molar-refractivity contribution in [2.45, 2.75) is 31.9 Å². The fourth-order valence-corrected chi connectivity index (χ4v) is 4.71. The number of aliphatic hydroxyl groups is 1. The maximum atomic E-state index is 13.2. The first kappa shape index (κ1) is 21.0. The van der Waals surface area contributed by atoms with Crippen molar-refractivity contribution in [3.63, 3.8) is 0 Å². The molecule has 0 unspecified atom stereocenters. The van der Waals surface area contributed by atoms with Gasteiger partial charge >= 0.3 is 0 Å². The number of fused-ring (bicyclic) bond motifs is 1. The van der Waals surface area contributed by atoms with Gasteiger partial charge in [-0.1, -0.05) is 60.7 Å². The van der Waals surface area contributed by atoms with Crippen LogP contribution in [0.15, 0.2) is 84.4 Å². The molecule has 3 aromatic carbocycles. The number of rotatable bonds is 5. The Labute approximate surface area is 192 Å². The lowest BCUT2D eigenvalue weighted by Gasteiger charge is -2.25. The summed E-state index contributed by atoms with van der Waals surface area (Å²) in [6, 6.07) is 24.0. The van der Waals surface area contributed by atoms with Gasteiger partial charge in [0.1, 0.15) is 17.6 Å². The Kier molecular flexibility index (Phi) is 5.47. The number of amides is 1. The second-order valence-corrected chi connectivity index (χ2v) is 8.59. The fourth-order valence-electron chi connectivity index (χ4n) is 4.71. The van der Waals surface area contributed by atoms with Gasteiger partial charge in [-0.2, -0.15) is 0 Å². The van der Waals surface area contributed by atoms with Crippen molar-refractivity contribution in [2.24, 2.45) is 0 Å². The standard InChI is InChI=1S/C28H25NO4/c1-18-16-22-17-21(12-13-23(22)33-18)26(30)24-25(20-10-6-3-7-11-20)29(28(32)27(24)31)15-14-19-8-4-2-5-9-19/h2-13,17-18,25,30H,14-16H2,1H3/t18-,25-/m0/s1. The van der Waals surface area contributed by atoms with Gasteiger partial charge in [-0.3, -0.25) is 9.59 Å². The third kappa shape index (κ3) is 3.91. The molecule has 2 atom stereocenters. The molecule has 166 valence electrons. The molecule has 3 aromatic rings. The molecule has 5 heteroatoms. The number of Topliss-reactive ketones (excluding diaryl/α,β-unsaturated/α-hetero) is 1. The van der Waals surface area contributed by atoms with E-state index in [1.807, 2.05) is 79.7 Å². The molecule has 1 fully saturated rings. The fraction of sp³-hybridized carbons (Fsp3) is 0.214. The second-order valence-electron chi connectivity index (χ2n) is 8.59. The summed E-state index contributed by atoms with van der Waals surface area (Å²) in [5, 5.41) is 11.3. The summed E-state index contributed by atoms with van der Waals surface area (Å²) in [5.41, 5.74) is 3.52. The van der Waals surface area contributed by atoms with E-state index >= 15 is 0 Å². The molecule has 0 aliphatic carbocycles. The van der Waals surface area contributed by atoms with Crippen molar-refractivity contribution >= 4 is 17.4 Å². The van der Waals surface area contributed by atoms with E-state index in [2.05, 4.69) is 0 Å². The van der Waals surface area contributed by atoms with Crippen LogP contribution in [-0.2, 0) is 22.4 Å². The van der Waals surface area contributed by atoms with Crippen LogP contribution >= 0.6 is 0 Å². The Bertz CT molecular complexity index is 1230. The number of ketones is 1. The van der Waals surface area contributed by atoms with Gasteiger partial charge in [-0.15, -0.1) is 0 Å². The van der Waals surface area contributed by atoms with Gasteiger partial charge in [0.2, 0.25) is 0 Å². The van der Waals surface area contributed by atoms with E-state index in [9.17, 15) is 14.7 Å². The quantitative estimate of drug-likeness (QED) is 0.356. The number of carbonyl (C=O) groups is 2. The van der Waals surface area contributed by atoms with Crippen LogP contribution in [-0.4, -0.2) is 34.3 Å². The highest BCUT2D eigenvalue weighted by molar-refractivity contribution is 6.46. The number of ether oxygens (including phenoxy) is 1. The lowest BCUT2D eigenvalue weighted by atomic mass is 9.94. The number of nitrogens with zero attached hydrogens (tertiary/aromatic N) is 1. The van der Waals surface area contributed by atoms with Crippen molar-refractivity contribution in [1.82, 2.24) is 4.90 Å². The Balaban J connectivity index is 1.56. The van der Waals surface area contributed by atoms with E-state index < -0.39 is 17.7 Å². The van der Waals surface area contributed by atoms with E-state index in [1.54, 1.807) is 11.0 Å². The van der Waals surface area contributed by atoms with E-state index in [1.165, 1.54) is 0 Å². The largest absolute Gasteiger partial charge is 0.507 e. The molecular formula is C28H25NO4. The zero-order valence-electron chi connectivity index (χ0n) is 18.4. The average Bonchev–Trinajstić information content (AvgIpc) is 3.34. The molecule has 5 rings (SSSR count). The van der Waals surface area contributed by atoms with Crippen LogP contribution in [0.4, 0.5) is 0 Å². The van der Waals surface area contributed by atoms with Crippen LogP contribution in [0.1, 0.15) is 35.2 Å². The number of hydrogen-bond donors (Lipinski definition) is 1. The summed E-state index contributed by atoms with van der Waals surface area (Å²) in [6.45, 7) is 2.37. The lowest BCUT2D eigenvalue weighted by Crippen LogP contribution is -2.31. The minimum absolute atomic E-state index is 0.0743. The molecule has 2 heterocycles. The van der Waals surface area contributed by atoms with Crippen molar-refractivity contribution in [3.05, 3.63) is 107 Å². The summed E-state index contributed by atoms with van der Waals surface area (Å²) in [6.07, 6.45) is 1.43. The molecule has 1 N–H and O–H groups in total. The topological polar surface area (TPSA) is 66.8 Å². The highest BCUT2D eigenvalue weighted by Gasteiger charge is 2.45. The minimum atomic E-state index is -0.653. The molecule has 0 spiro atoms. The number of likely N-dealkylation sites (tertiary alicyclic amines) is 1. The van der Waals surface area contributed by atoms with Gasteiger partial charge in [0.05, 0.1) is 11.6 Å². The van der Waals surface area contributed by atoms with Crippen LogP contribution in [0.5, 0.6) is 5.75 Å². The molecule has 0 radical (unpaired) electrons. The van der Waals surface area contributed by atoms with Crippen LogP contribution in [0.25, 0.3) is 5.76 Å². The van der Waals surface area contributed by atoms with Crippen molar-refractivity contribution < 1.29 is 19.4 Å². The highest BCUT2D eigenvalue weighted by Crippen LogP contribution is 2.40. The summed E-state index contributed by atoms with van der Waals surface area (Å²) < 4.78 is 5.76. The second kappa shape index (κ2) is 8.58. The van der Waals surface area contributed by atoms with Crippen LogP contribution < -0.4 is 4.74 Å². The predicted octanol–water partition coefficient (Wildman–Crippen LogP) is 4.67. The molecule has 0 bridgehead atoms. The Hall–Kier alpha value is -3.86. The molecular weight excluding hydrogens is 414 g/mol. The van der Waals surface area contributed by atoms with E-state index in [4.69, 9.17) is 4.74 Å². The lowest BCUT2D eigenvalue weighted by molar-refractivity contribution is -0.139. The van der Waals surface area contributed by atoms with Gasteiger partial charge in [0.25, 0.3) is 11.7 Å². The van der Waals surface area contributed by atoms with E-state index in [-0.39, 0.29) is 17.4 Å². The van der Waals surface area contributed by atoms with Gasteiger partial charge in [0, 0.05) is 18.5 Å². The highest BCUT2D eigenvalue weighted by atomic mass is 16.5. The molecule has 33 heavy (non-hydrogen) atoms. The molecule has 1 amide bonds. The Morgan fingerprint density at radius 1 is 1.00 bits per heavy atom. The number of hydrogen-bond acceptors (Lipinski definition) is 4. The SMILES string of the molecule is C[C@H]1Cc2cc(C(O)=C3C(=O)C(=O)N(CCc4ccccc4)[C@H]3c3ccccc3)ccc2O1. The molecule has 5 nitrogen and oxygen atoms in total. The van der Waals surface area contributed by atoms with Crippen LogP contribution in [0.3, 0.4) is 0 Å². The monoisotopic (exact) mass is 439 g/mol. The summed E-state index contributed by atoms with van der Waals surface area (Å²) in [7, 11) is 0. The van der Waals surface area contributed by atoms with E-state index in [0.717, 1.165) is 28.9 Å². The van der Waals surface area contributed by atoms with Gasteiger partial charge in [-0.25, -0.2) is 0 Å². The average molecular weight is 440 g/mol. The number of benzene rings is 3. The third-order valence-electron chi connectivity index (χ3n) is 6.31. The summed E-state index contributed by atoms with van der Waals surface area (Å²) in [5.74, 6) is -0.590. The number of carbonyl (C=O) groups excluding carboxylic acids is 2. The Morgan fingerprint density at radius 3 is 2.42 bits per heavy atom. The van der Waals surface area contributed by atoms with Gasteiger partial charge in [-0.05, 0) is 48.2 Å². The first-order chi connectivity index (χ1) is 16.0. The molecule has 2 aliphatic heterocycles. The van der Waals surface area contributed by atoms with Crippen molar-refractivity contribution in [1.29, 1.82) is 0 Å². The molecule has 2 aliphatic rings. The Morgan fingerprint density at radius 2 is 1.70 bits per heavy atom. The van der Waals surface area contributed by atoms with Crippen LogP contribution in [0.2, 0.25) is 0 Å². The molecule has 1 saturated heterocycles. The van der Waals surface area contributed by atoms with Crippen LogP contribution in [0, 0.1) is 0 Å².